The molecule has 0 spiro atoms. The minimum Gasteiger partial charge on any atom is -0.478 e. The summed E-state index contributed by atoms with van der Waals surface area (Å²) < 4.78 is 0. The van der Waals surface area contributed by atoms with Crippen LogP contribution in [0.4, 0.5) is 11.4 Å². The molecule has 1 aliphatic rings. The molecule has 1 aliphatic heterocycles. The summed E-state index contributed by atoms with van der Waals surface area (Å²) in [6.45, 7) is 5.71. The van der Waals surface area contributed by atoms with Gasteiger partial charge in [0.2, 0.25) is 5.91 Å². The smallest absolute Gasteiger partial charge is 0.337 e. The molecule has 0 radical (unpaired) electrons. The molecule has 0 aliphatic carbocycles. The van der Waals surface area contributed by atoms with Gasteiger partial charge in [-0.25, -0.2) is 4.79 Å². The fraction of sp³-hybridized carbons (Fsp3) is 0.286. The van der Waals surface area contributed by atoms with E-state index in [1.165, 1.54) is 13.0 Å². The molecule has 7 heteroatoms. The van der Waals surface area contributed by atoms with Gasteiger partial charge in [0, 0.05) is 44.4 Å². The molecule has 0 saturated carbocycles. The van der Waals surface area contributed by atoms with Crippen LogP contribution < -0.4 is 10.2 Å². The predicted octanol–water partition coefficient (Wildman–Crippen LogP) is 2.61. The van der Waals surface area contributed by atoms with Gasteiger partial charge in [-0.3, -0.25) is 9.59 Å². The maximum absolute atomic E-state index is 12.4. The van der Waals surface area contributed by atoms with Crippen molar-refractivity contribution in [1.29, 1.82) is 0 Å². The van der Waals surface area contributed by atoms with Gasteiger partial charge in [-0.15, -0.1) is 0 Å². The highest BCUT2D eigenvalue weighted by Crippen LogP contribution is 2.26. The quantitative estimate of drug-likeness (QED) is 0.850. The van der Waals surface area contributed by atoms with Gasteiger partial charge < -0.3 is 20.2 Å². The second kappa shape index (κ2) is 8.12. The van der Waals surface area contributed by atoms with Crippen molar-refractivity contribution in [1.82, 2.24) is 4.90 Å². The first-order chi connectivity index (χ1) is 13.3. The van der Waals surface area contributed by atoms with Crippen LogP contribution in [0.5, 0.6) is 0 Å². The summed E-state index contributed by atoms with van der Waals surface area (Å²) in [7, 11) is 0. The largest absolute Gasteiger partial charge is 0.478 e. The van der Waals surface area contributed by atoms with E-state index >= 15 is 0 Å². The second-order valence-corrected chi connectivity index (χ2v) is 6.85. The van der Waals surface area contributed by atoms with E-state index in [0.717, 1.165) is 5.56 Å². The van der Waals surface area contributed by atoms with Gasteiger partial charge in [-0.05, 0) is 37.3 Å². The van der Waals surface area contributed by atoms with Crippen molar-refractivity contribution < 1.29 is 19.5 Å². The van der Waals surface area contributed by atoms with Crippen LogP contribution >= 0.6 is 0 Å². The van der Waals surface area contributed by atoms with Crippen molar-refractivity contribution in [2.24, 2.45) is 0 Å². The maximum Gasteiger partial charge on any atom is 0.337 e. The molecule has 0 bridgehead atoms. The number of aryl methyl sites for hydroxylation is 1. The number of nitrogens with one attached hydrogen (secondary N) is 1. The van der Waals surface area contributed by atoms with E-state index in [0.29, 0.717) is 43.1 Å². The van der Waals surface area contributed by atoms with Gasteiger partial charge in [0.25, 0.3) is 5.91 Å². The molecule has 2 N–H and O–H groups in total. The summed E-state index contributed by atoms with van der Waals surface area (Å²) in [6, 6.07) is 12.0. The minimum absolute atomic E-state index is 0.0206. The standard InChI is InChI=1S/C21H23N3O4/c1-14-3-5-16(6-4-14)20(26)22-17-7-8-19(18(13-17)21(27)28)24-11-9-23(10-12-24)15(2)25/h3-8,13H,9-12H2,1-2H3,(H,22,26)(H,27,28). The molecule has 0 unspecified atom stereocenters. The molecule has 146 valence electrons. The molecule has 7 nitrogen and oxygen atoms in total. The third kappa shape index (κ3) is 4.31. The van der Waals surface area contributed by atoms with Crippen LogP contribution in [0.15, 0.2) is 42.5 Å². The summed E-state index contributed by atoms with van der Waals surface area (Å²) in [5.74, 6) is -1.33. The third-order valence-corrected chi connectivity index (χ3v) is 4.86. The van der Waals surface area contributed by atoms with Crippen molar-refractivity contribution in [2.45, 2.75) is 13.8 Å². The zero-order valence-corrected chi connectivity index (χ0v) is 15.9. The zero-order valence-electron chi connectivity index (χ0n) is 15.9. The Morgan fingerprint density at radius 2 is 1.61 bits per heavy atom. The first-order valence-electron chi connectivity index (χ1n) is 9.11. The number of nitrogens with zero attached hydrogens (tertiary/aromatic N) is 2. The Labute approximate surface area is 163 Å². The van der Waals surface area contributed by atoms with Crippen LogP contribution in [-0.2, 0) is 4.79 Å². The number of carboxylic acid groups (broad SMARTS) is 1. The van der Waals surface area contributed by atoms with Crippen molar-refractivity contribution >= 4 is 29.2 Å². The molecule has 1 heterocycles. The molecule has 2 aromatic rings. The van der Waals surface area contributed by atoms with Gasteiger partial charge in [-0.1, -0.05) is 17.7 Å². The number of hydrogen-bond acceptors (Lipinski definition) is 4. The highest BCUT2D eigenvalue weighted by molar-refractivity contribution is 6.05. The molecule has 2 aromatic carbocycles. The average Bonchev–Trinajstić information content (AvgIpc) is 2.68. The van der Waals surface area contributed by atoms with Gasteiger partial charge in [0.15, 0.2) is 0 Å². The Kier molecular flexibility index (Phi) is 5.63. The Morgan fingerprint density at radius 1 is 0.964 bits per heavy atom. The van der Waals surface area contributed by atoms with Crippen LogP contribution in [0.25, 0.3) is 0 Å². The summed E-state index contributed by atoms with van der Waals surface area (Å²) in [4.78, 5) is 39.3. The highest BCUT2D eigenvalue weighted by atomic mass is 16.4. The third-order valence-electron chi connectivity index (χ3n) is 4.86. The van der Waals surface area contributed by atoms with Crippen molar-refractivity contribution in [3.63, 3.8) is 0 Å². The number of hydrogen-bond donors (Lipinski definition) is 2. The lowest BCUT2D eigenvalue weighted by Crippen LogP contribution is -2.48. The van der Waals surface area contributed by atoms with Crippen molar-refractivity contribution in [3.05, 3.63) is 59.2 Å². The van der Waals surface area contributed by atoms with Crippen LogP contribution in [0.1, 0.15) is 33.2 Å². The lowest BCUT2D eigenvalue weighted by atomic mass is 10.1. The number of carbonyl (C=O) groups is 3. The van der Waals surface area contributed by atoms with E-state index in [-0.39, 0.29) is 17.4 Å². The van der Waals surface area contributed by atoms with E-state index in [2.05, 4.69) is 5.32 Å². The van der Waals surface area contributed by atoms with Crippen LogP contribution in [-0.4, -0.2) is 54.0 Å². The Bertz CT molecular complexity index is 900. The number of benzene rings is 2. The molecular weight excluding hydrogens is 358 g/mol. The number of piperazine rings is 1. The van der Waals surface area contributed by atoms with Crippen LogP contribution in [0.2, 0.25) is 0 Å². The zero-order chi connectivity index (χ0) is 20.3. The van der Waals surface area contributed by atoms with Crippen molar-refractivity contribution in [3.8, 4) is 0 Å². The SMILES string of the molecule is CC(=O)N1CCN(c2ccc(NC(=O)c3ccc(C)cc3)cc2C(=O)O)CC1. The average molecular weight is 381 g/mol. The number of carboxylic acids is 1. The normalized spacial score (nSPS) is 13.9. The highest BCUT2D eigenvalue weighted by Gasteiger charge is 2.23. The number of aromatic carboxylic acids is 1. The molecule has 1 fully saturated rings. The summed E-state index contributed by atoms with van der Waals surface area (Å²) in [5, 5.41) is 12.4. The van der Waals surface area contributed by atoms with E-state index in [4.69, 9.17) is 0 Å². The van der Waals surface area contributed by atoms with Gasteiger partial charge in [0.05, 0.1) is 11.3 Å². The van der Waals surface area contributed by atoms with Crippen LogP contribution in [0.3, 0.4) is 0 Å². The summed E-state index contributed by atoms with van der Waals surface area (Å²) >= 11 is 0. The Hall–Kier alpha value is -3.35. The number of amides is 2. The van der Waals surface area contributed by atoms with Gasteiger partial charge in [-0.2, -0.15) is 0 Å². The molecule has 0 aromatic heterocycles. The van der Waals surface area contributed by atoms with E-state index in [9.17, 15) is 19.5 Å². The molecule has 3 rings (SSSR count). The maximum atomic E-state index is 12.4. The van der Waals surface area contributed by atoms with E-state index in [1.807, 2.05) is 24.0 Å². The predicted molar refractivity (Wildman–Crippen MR) is 107 cm³/mol. The molecule has 2 amide bonds. The first kappa shape index (κ1) is 19.4. The van der Waals surface area contributed by atoms with Gasteiger partial charge in [0.1, 0.15) is 0 Å². The lowest BCUT2D eigenvalue weighted by Gasteiger charge is -2.36. The number of carbonyl (C=O) groups excluding carboxylic acids is 2. The van der Waals surface area contributed by atoms with Crippen LogP contribution in [0, 0.1) is 6.92 Å². The summed E-state index contributed by atoms with van der Waals surface area (Å²) in [6.07, 6.45) is 0. The first-order valence-corrected chi connectivity index (χ1v) is 9.11. The fourth-order valence-corrected chi connectivity index (χ4v) is 3.23. The van der Waals surface area contributed by atoms with Gasteiger partial charge >= 0.3 is 5.97 Å². The lowest BCUT2D eigenvalue weighted by molar-refractivity contribution is -0.129. The Balaban J connectivity index is 1.78. The number of anilines is 2. The molecule has 1 saturated heterocycles. The van der Waals surface area contributed by atoms with Crippen molar-refractivity contribution in [2.75, 3.05) is 36.4 Å². The van der Waals surface area contributed by atoms with E-state index < -0.39 is 5.97 Å². The fourth-order valence-electron chi connectivity index (χ4n) is 3.23. The van der Waals surface area contributed by atoms with E-state index in [1.54, 1.807) is 29.2 Å². The molecule has 0 atom stereocenters. The monoisotopic (exact) mass is 381 g/mol. The summed E-state index contributed by atoms with van der Waals surface area (Å²) in [5.41, 5.74) is 2.70. The topological polar surface area (TPSA) is 90.0 Å². The molecular formula is C21H23N3O4. The Morgan fingerprint density at radius 3 is 2.18 bits per heavy atom. The number of rotatable bonds is 4. The second-order valence-electron chi connectivity index (χ2n) is 6.85. The molecule has 28 heavy (non-hydrogen) atoms. The minimum atomic E-state index is -1.06.